The van der Waals surface area contributed by atoms with Crippen molar-refractivity contribution < 1.29 is 0 Å². The Morgan fingerprint density at radius 3 is 1.67 bits per heavy atom. The van der Waals surface area contributed by atoms with Gasteiger partial charge in [-0.1, -0.05) is 33.6 Å². The van der Waals surface area contributed by atoms with Crippen LogP contribution in [0.15, 0.2) is 4.79 Å². The standard InChI is InChI=1S/C14H21I2NO/c1-4-7-10-12(15)14(18)13(16)11(8-5-2)17(10)9-6-3/h4-9H2,1-3H3. The molecule has 1 rings (SSSR count). The van der Waals surface area contributed by atoms with Gasteiger partial charge in [-0.25, -0.2) is 0 Å². The first kappa shape index (κ1) is 16.5. The molecule has 4 heteroatoms. The highest BCUT2D eigenvalue weighted by atomic mass is 127. The van der Waals surface area contributed by atoms with Gasteiger partial charge in [0.1, 0.15) is 0 Å². The van der Waals surface area contributed by atoms with Crippen LogP contribution in [0, 0.1) is 7.14 Å². The first-order valence-corrected chi connectivity index (χ1v) is 8.83. The number of aromatic nitrogens is 1. The average molecular weight is 473 g/mol. The van der Waals surface area contributed by atoms with Gasteiger partial charge in [0.05, 0.1) is 7.14 Å². The maximum atomic E-state index is 12.3. The summed E-state index contributed by atoms with van der Waals surface area (Å²) in [5.41, 5.74) is 2.72. The summed E-state index contributed by atoms with van der Waals surface area (Å²) in [4.78, 5) is 12.3. The number of pyridine rings is 1. The van der Waals surface area contributed by atoms with Crippen molar-refractivity contribution in [2.75, 3.05) is 0 Å². The minimum absolute atomic E-state index is 0.232. The van der Waals surface area contributed by atoms with Crippen molar-refractivity contribution in [3.8, 4) is 0 Å². The number of nitrogens with zero attached hydrogens (tertiary/aromatic N) is 1. The summed E-state index contributed by atoms with van der Waals surface area (Å²) in [7, 11) is 0. The highest BCUT2D eigenvalue weighted by Gasteiger charge is 2.17. The van der Waals surface area contributed by atoms with Gasteiger partial charge in [0.2, 0.25) is 5.43 Å². The van der Waals surface area contributed by atoms with Gasteiger partial charge in [0, 0.05) is 17.9 Å². The SMILES string of the molecule is CCCc1c(I)c(=O)c(I)c(CCC)n1CCC. The van der Waals surface area contributed by atoms with E-state index in [2.05, 4.69) is 70.5 Å². The second kappa shape index (κ2) is 7.87. The van der Waals surface area contributed by atoms with Gasteiger partial charge >= 0.3 is 0 Å². The Hall–Kier alpha value is 0.410. The molecule has 0 amide bonds. The Labute approximate surface area is 137 Å². The van der Waals surface area contributed by atoms with Crippen molar-refractivity contribution >= 4 is 45.2 Å². The normalized spacial score (nSPS) is 10.9. The van der Waals surface area contributed by atoms with Crippen LogP contribution >= 0.6 is 45.2 Å². The maximum Gasteiger partial charge on any atom is 0.208 e. The molecule has 0 N–H and O–H groups in total. The van der Waals surface area contributed by atoms with Crippen LogP contribution in [-0.4, -0.2) is 4.57 Å². The van der Waals surface area contributed by atoms with Crippen LogP contribution in [0.25, 0.3) is 0 Å². The first-order chi connectivity index (χ1) is 8.58. The zero-order chi connectivity index (χ0) is 13.7. The summed E-state index contributed by atoms with van der Waals surface area (Å²) in [6.07, 6.45) is 5.29. The van der Waals surface area contributed by atoms with Gasteiger partial charge in [-0.05, 0) is 64.4 Å². The Balaban J connectivity index is 3.51. The lowest BCUT2D eigenvalue weighted by Gasteiger charge is -2.21. The zero-order valence-electron chi connectivity index (χ0n) is 11.4. The number of hydrogen-bond donors (Lipinski definition) is 0. The summed E-state index contributed by atoms with van der Waals surface area (Å²) in [5.74, 6) is 0. The van der Waals surface area contributed by atoms with Gasteiger partial charge in [-0.15, -0.1) is 0 Å². The molecule has 0 radical (unpaired) electrons. The van der Waals surface area contributed by atoms with Crippen LogP contribution in [0.1, 0.15) is 51.4 Å². The third-order valence-corrected chi connectivity index (χ3v) is 5.20. The van der Waals surface area contributed by atoms with Crippen LogP contribution in [0.5, 0.6) is 0 Å². The van der Waals surface area contributed by atoms with E-state index in [1.807, 2.05) is 0 Å². The predicted molar refractivity (Wildman–Crippen MR) is 94.4 cm³/mol. The molecule has 0 fully saturated rings. The predicted octanol–water partition coefficient (Wildman–Crippen LogP) is 4.37. The fourth-order valence-corrected chi connectivity index (χ4v) is 4.39. The Morgan fingerprint density at radius 2 is 1.33 bits per heavy atom. The Morgan fingerprint density at radius 1 is 0.889 bits per heavy atom. The van der Waals surface area contributed by atoms with Gasteiger partial charge in [-0.3, -0.25) is 4.79 Å². The molecule has 0 aliphatic rings. The summed E-state index contributed by atoms with van der Waals surface area (Å²) >= 11 is 4.45. The van der Waals surface area contributed by atoms with Gasteiger partial charge in [0.15, 0.2) is 0 Å². The maximum absolute atomic E-state index is 12.3. The highest BCUT2D eigenvalue weighted by Crippen LogP contribution is 2.20. The third kappa shape index (κ3) is 3.49. The molecule has 0 atom stereocenters. The Kier molecular flexibility index (Phi) is 7.20. The molecule has 0 saturated carbocycles. The molecule has 0 saturated heterocycles. The van der Waals surface area contributed by atoms with E-state index < -0.39 is 0 Å². The molecule has 0 aliphatic carbocycles. The molecule has 0 aliphatic heterocycles. The topological polar surface area (TPSA) is 22.0 Å². The molecular weight excluding hydrogens is 452 g/mol. The second-order valence-electron chi connectivity index (χ2n) is 4.50. The van der Waals surface area contributed by atoms with E-state index in [0.717, 1.165) is 45.8 Å². The van der Waals surface area contributed by atoms with E-state index in [-0.39, 0.29) is 5.43 Å². The molecule has 0 bridgehead atoms. The minimum Gasteiger partial charge on any atom is -0.346 e. The quantitative estimate of drug-likeness (QED) is 0.563. The van der Waals surface area contributed by atoms with E-state index in [1.54, 1.807) is 0 Å². The summed E-state index contributed by atoms with van der Waals surface area (Å²) < 4.78 is 4.25. The summed E-state index contributed by atoms with van der Waals surface area (Å²) in [5, 5.41) is 0. The van der Waals surface area contributed by atoms with Gasteiger partial charge < -0.3 is 4.57 Å². The molecule has 1 heterocycles. The summed E-state index contributed by atoms with van der Waals surface area (Å²) in [6.45, 7) is 7.57. The molecule has 0 unspecified atom stereocenters. The van der Waals surface area contributed by atoms with Crippen LogP contribution in [-0.2, 0) is 19.4 Å². The fourth-order valence-electron chi connectivity index (χ4n) is 2.21. The van der Waals surface area contributed by atoms with Crippen molar-refractivity contribution in [3.63, 3.8) is 0 Å². The van der Waals surface area contributed by atoms with Crippen molar-refractivity contribution in [2.24, 2.45) is 0 Å². The monoisotopic (exact) mass is 473 g/mol. The van der Waals surface area contributed by atoms with Crippen LogP contribution < -0.4 is 5.43 Å². The van der Waals surface area contributed by atoms with Crippen molar-refractivity contribution in [2.45, 2.75) is 59.4 Å². The summed E-state index contributed by atoms with van der Waals surface area (Å²) in [6, 6.07) is 0. The minimum atomic E-state index is 0.232. The number of rotatable bonds is 6. The molecule has 1 aromatic rings. The van der Waals surface area contributed by atoms with E-state index in [1.165, 1.54) is 11.4 Å². The fraction of sp³-hybridized carbons (Fsp3) is 0.643. The molecule has 1 aromatic heterocycles. The number of halogens is 2. The Bertz CT molecular complexity index is 430. The molecule has 18 heavy (non-hydrogen) atoms. The van der Waals surface area contributed by atoms with Crippen LogP contribution in [0.4, 0.5) is 0 Å². The zero-order valence-corrected chi connectivity index (χ0v) is 15.7. The van der Waals surface area contributed by atoms with E-state index in [4.69, 9.17) is 0 Å². The smallest absolute Gasteiger partial charge is 0.208 e. The van der Waals surface area contributed by atoms with Gasteiger partial charge in [-0.2, -0.15) is 0 Å². The van der Waals surface area contributed by atoms with Crippen LogP contribution in [0.3, 0.4) is 0 Å². The first-order valence-electron chi connectivity index (χ1n) is 6.67. The van der Waals surface area contributed by atoms with Crippen molar-refractivity contribution in [1.29, 1.82) is 0 Å². The van der Waals surface area contributed by atoms with Gasteiger partial charge in [0.25, 0.3) is 0 Å². The second-order valence-corrected chi connectivity index (χ2v) is 6.66. The molecular formula is C14H21I2NO. The van der Waals surface area contributed by atoms with Crippen molar-refractivity contribution in [3.05, 3.63) is 28.8 Å². The lowest BCUT2D eigenvalue weighted by Crippen LogP contribution is -2.25. The highest BCUT2D eigenvalue weighted by molar-refractivity contribution is 14.1. The van der Waals surface area contributed by atoms with Crippen LogP contribution in [0.2, 0.25) is 0 Å². The lowest BCUT2D eigenvalue weighted by atomic mass is 10.1. The number of hydrogen-bond acceptors (Lipinski definition) is 1. The molecule has 102 valence electrons. The molecule has 2 nitrogen and oxygen atoms in total. The molecule has 0 aromatic carbocycles. The lowest BCUT2D eigenvalue weighted by molar-refractivity contribution is 0.587. The van der Waals surface area contributed by atoms with Crippen molar-refractivity contribution in [1.82, 2.24) is 4.57 Å². The van der Waals surface area contributed by atoms with E-state index >= 15 is 0 Å². The van der Waals surface area contributed by atoms with E-state index in [0.29, 0.717) is 0 Å². The average Bonchev–Trinajstić information content (AvgIpc) is 2.36. The largest absolute Gasteiger partial charge is 0.346 e. The third-order valence-electron chi connectivity index (χ3n) is 2.98. The molecule has 0 spiro atoms. The van der Waals surface area contributed by atoms with E-state index in [9.17, 15) is 4.79 Å².